The molecule has 0 amide bonds. The maximum absolute atomic E-state index is 9.55. The van der Waals surface area contributed by atoms with E-state index in [-0.39, 0.29) is 5.89 Å². The summed E-state index contributed by atoms with van der Waals surface area (Å²) in [7, 11) is 0. The average Bonchev–Trinajstić information content (AvgIpc) is 3.23. The van der Waals surface area contributed by atoms with Crippen LogP contribution in [0.3, 0.4) is 0 Å². The molecule has 0 spiro atoms. The monoisotopic (exact) mass is 356 g/mol. The maximum atomic E-state index is 9.55. The van der Waals surface area contributed by atoms with Crippen molar-refractivity contribution >= 4 is 22.8 Å². The second-order valence-electron chi connectivity index (χ2n) is 5.21. The number of imidazole rings is 1. The number of thioether (sulfide) groups is 1. The molecule has 0 unspecified atom stereocenters. The van der Waals surface area contributed by atoms with E-state index in [2.05, 4.69) is 20.2 Å². The molecule has 126 valence electrons. The molecule has 0 saturated heterocycles. The minimum absolute atomic E-state index is 0.130. The molecular weight excluding hydrogens is 344 g/mol. The number of aromatic hydroxyl groups is 3. The smallest absolute Gasteiger partial charge is 0.248 e. The van der Waals surface area contributed by atoms with Gasteiger partial charge in [-0.3, -0.25) is 0 Å². The first kappa shape index (κ1) is 15.3. The Bertz CT molecular complexity index is 1000. The summed E-state index contributed by atoms with van der Waals surface area (Å²) in [4.78, 5) is 7.64. The summed E-state index contributed by atoms with van der Waals surface area (Å²) in [6, 6.07) is 10.2. The molecule has 9 heteroatoms. The second kappa shape index (κ2) is 6.02. The van der Waals surface area contributed by atoms with Gasteiger partial charge in [-0.2, -0.15) is 0 Å². The highest BCUT2D eigenvalue weighted by molar-refractivity contribution is 7.98. The van der Waals surface area contributed by atoms with Crippen molar-refractivity contribution in [2.45, 2.75) is 10.9 Å². The molecule has 2 aromatic carbocycles. The van der Waals surface area contributed by atoms with Crippen LogP contribution in [0.1, 0.15) is 5.89 Å². The van der Waals surface area contributed by atoms with Crippen LogP contribution in [0.4, 0.5) is 0 Å². The van der Waals surface area contributed by atoms with Gasteiger partial charge in [-0.25, -0.2) is 4.98 Å². The highest BCUT2D eigenvalue weighted by atomic mass is 32.2. The standard InChI is InChI=1S/C16H12N4O4S/c21-11-5-8(6-12(22)14(11)23)15-20-19-13(24-15)7-25-16-17-9-3-1-2-4-10(9)18-16/h1-6,21-23H,7H2,(H,17,18). The van der Waals surface area contributed by atoms with Crippen LogP contribution in [0.15, 0.2) is 46.0 Å². The van der Waals surface area contributed by atoms with E-state index in [1.165, 1.54) is 23.9 Å². The number of para-hydroxylation sites is 2. The van der Waals surface area contributed by atoms with Gasteiger partial charge in [0.05, 0.1) is 16.8 Å². The molecule has 4 aromatic rings. The molecule has 0 fully saturated rings. The number of hydrogen-bond acceptors (Lipinski definition) is 8. The summed E-state index contributed by atoms with van der Waals surface area (Å²) in [5, 5.41) is 37.0. The summed E-state index contributed by atoms with van der Waals surface area (Å²) in [5.74, 6) is -0.622. The first-order valence-electron chi connectivity index (χ1n) is 7.25. The minimum atomic E-state index is -0.594. The number of rotatable bonds is 4. The molecule has 0 radical (unpaired) electrons. The Hall–Kier alpha value is -3.20. The van der Waals surface area contributed by atoms with Gasteiger partial charge in [0.2, 0.25) is 11.8 Å². The van der Waals surface area contributed by atoms with Crippen molar-refractivity contribution in [1.29, 1.82) is 0 Å². The topological polar surface area (TPSA) is 128 Å². The molecule has 2 heterocycles. The van der Waals surface area contributed by atoms with Gasteiger partial charge in [-0.1, -0.05) is 23.9 Å². The summed E-state index contributed by atoms with van der Waals surface area (Å²) in [6.45, 7) is 0. The van der Waals surface area contributed by atoms with Gasteiger partial charge in [-0.05, 0) is 24.3 Å². The first-order chi connectivity index (χ1) is 12.1. The highest BCUT2D eigenvalue weighted by Gasteiger charge is 2.15. The number of nitrogens with zero attached hydrogens (tertiary/aromatic N) is 3. The molecule has 8 nitrogen and oxygen atoms in total. The van der Waals surface area contributed by atoms with Crippen molar-refractivity contribution < 1.29 is 19.7 Å². The molecule has 25 heavy (non-hydrogen) atoms. The van der Waals surface area contributed by atoms with E-state index < -0.39 is 17.2 Å². The predicted molar refractivity (Wildman–Crippen MR) is 90.4 cm³/mol. The van der Waals surface area contributed by atoms with Crippen LogP contribution in [0.25, 0.3) is 22.5 Å². The van der Waals surface area contributed by atoms with Crippen molar-refractivity contribution in [3.8, 4) is 28.7 Å². The van der Waals surface area contributed by atoms with Crippen LogP contribution in [0.5, 0.6) is 17.2 Å². The van der Waals surface area contributed by atoms with Gasteiger partial charge in [0.25, 0.3) is 0 Å². The molecule has 2 aromatic heterocycles. The van der Waals surface area contributed by atoms with Gasteiger partial charge in [0.15, 0.2) is 22.4 Å². The lowest BCUT2D eigenvalue weighted by atomic mass is 10.2. The van der Waals surface area contributed by atoms with E-state index in [0.29, 0.717) is 17.2 Å². The van der Waals surface area contributed by atoms with E-state index in [0.717, 1.165) is 16.2 Å². The van der Waals surface area contributed by atoms with Crippen LogP contribution in [-0.2, 0) is 5.75 Å². The Morgan fingerprint density at radius 2 is 1.80 bits per heavy atom. The summed E-state index contributed by atoms with van der Waals surface area (Å²) >= 11 is 1.41. The van der Waals surface area contributed by atoms with Crippen LogP contribution >= 0.6 is 11.8 Å². The van der Waals surface area contributed by atoms with E-state index in [9.17, 15) is 15.3 Å². The minimum Gasteiger partial charge on any atom is -0.504 e. The summed E-state index contributed by atoms with van der Waals surface area (Å²) < 4.78 is 5.53. The normalized spacial score (nSPS) is 11.2. The Kier molecular flexibility index (Phi) is 3.69. The fourth-order valence-corrected chi connectivity index (χ4v) is 3.01. The number of nitrogens with one attached hydrogen (secondary N) is 1. The zero-order chi connectivity index (χ0) is 17.4. The Morgan fingerprint density at radius 3 is 2.56 bits per heavy atom. The van der Waals surface area contributed by atoms with E-state index >= 15 is 0 Å². The third kappa shape index (κ3) is 2.96. The second-order valence-corrected chi connectivity index (χ2v) is 6.18. The molecule has 0 saturated carbocycles. The Labute approximate surface area is 145 Å². The number of benzene rings is 2. The predicted octanol–water partition coefficient (Wildman–Crippen LogP) is 3.02. The van der Waals surface area contributed by atoms with E-state index in [1.807, 2.05) is 24.3 Å². The van der Waals surface area contributed by atoms with Gasteiger partial charge < -0.3 is 24.7 Å². The largest absolute Gasteiger partial charge is 0.504 e. The maximum Gasteiger partial charge on any atom is 0.248 e. The number of aromatic nitrogens is 4. The van der Waals surface area contributed by atoms with Crippen molar-refractivity contribution in [1.82, 2.24) is 20.2 Å². The van der Waals surface area contributed by atoms with Crippen molar-refractivity contribution in [3.05, 3.63) is 42.3 Å². The van der Waals surface area contributed by atoms with E-state index in [4.69, 9.17) is 4.42 Å². The molecule has 0 aliphatic carbocycles. The van der Waals surface area contributed by atoms with Crippen LogP contribution < -0.4 is 0 Å². The highest BCUT2D eigenvalue weighted by Crippen LogP contribution is 2.38. The van der Waals surface area contributed by atoms with Crippen LogP contribution in [-0.4, -0.2) is 35.5 Å². The number of aromatic amines is 1. The van der Waals surface area contributed by atoms with Gasteiger partial charge in [0.1, 0.15) is 0 Å². The molecular formula is C16H12N4O4S. The lowest BCUT2D eigenvalue weighted by Crippen LogP contribution is -1.81. The quantitative estimate of drug-likeness (QED) is 0.324. The number of hydrogen-bond donors (Lipinski definition) is 4. The lowest BCUT2D eigenvalue weighted by molar-refractivity contribution is 0.368. The molecule has 0 bridgehead atoms. The summed E-state index contributed by atoms with van der Waals surface area (Å²) in [5.41, 5.74) is 2.14. The molecule has 0 aliphatic heterocycles. The molecule has 0 atom stereocenters. The van der Waals surface area contributed by atoms with Crippen molar-refractivity contribution in [3.63, 3.8) is 0 Å². The third-order valence-electron chi connectivity index (χ3n) is 3.48. The number of phenols is 3. The summed E-state index contributed by atoms with van der Waals surface area (Å²) in [6.07, 6.45) is 0. The van der Waals surface area contributed by atoms with Crippen molar-refractivity contribution in [2.75, 3.05) is 0 Å². The van der Waals surface area contributed by atoms with Crippen LogP contribution in [0.2, 0.25) is 0 Å². The number of phenolic OH excluding ortho intramolecular Hbond substituents is 3. The number of H-pyrrole nitrogens is 1. The third-order valence-corrected chi connectivity index (χ3v) is 4.34. The average molecular weight is 356 g/mol. The Balaban J connectivity index is 1.51. The van der Waals surface area contributed by atoms with Crippen molar-refractivity contribution in [2.24, 2.45) is 0 Å². The fraction of sp³-hybridized carbons (Fsp3) is 0.0625. The SMILES string of the molecule is Oc1cc(-c2nnc(CSc3nc4ccccc4[nH]3)o2)cc(O)c1O. The lowest BCUT2D eigenvalue weighted by Gasteiger charge is -2.02. The van der Waals surface area contributed by atoms with Crippen LogP contribution in [0, 0.1) is 0 Å². The van der Waals surface area contributed by atoms with Gasteiger partial charge in [0, 0.05) is 5.56 Å². The first-order valence-corrected chi connectivity index (χ1v) is 8.24. The molecule has 0 aliphatic rings. The number of fused-ring (bicyclic) bond motifs is 1. The fourth-order valence-electron chi connectivity index (χ4n) is 2.28. The Morgan fingerprint density at radius 1 is 1.04 bits per heavy atom. The van der Waals surface area contributed by atoms with Gasteiger partial charge >= 0.3 is 0 Å². The van der Waals surface area contributed by atoms with Gasteiger partial charge in [-0.15, -0.1) is 10.2 Å². The van der Waals surface area contributed by atoms with E-state index in [1.54, 1.807) is 0 Å². The molecule has 4 rings (SSSR count). The zero-order valence-corrected chi connectivity index (χ0v) is 13.5. The zero-order valence-electron chi connectivity index (χ0n) is 12.7. The molecule has 4 N–H and O–H groups in total.